The second kappa shape index (κ2) is 7.86. The first kappa shape index (κ1) is 18.4. The minimum Gasteiger partial charge on any atom is -0.497 e. The second-order valence-electron chi connectivity index (χ2n) is 5.94. The van der Waals surface area contributed by atoms with E-state index >= 15 is 0 Å². The van der Waals surface area contributed by atoms with Gasteiger partial charge in [0.2, 0.25) is 0 Å². The third-order valence-corrected chi connectivity index (χ3v) is 5.00. The number of carbonyl (C=O) groups is 2. The maximum absolute atomic E-state index is 13.6. The topological polar surface area (TPSA) is 49.9 Å². The fraction of sp³-hybridized carbons (Fsp3) is 0.263. The van der Waals surface area contributed by atoms with E-state index in [1.807, 2.05) is 0 Å². The van der Waals surface area contributed by atoms with Gasteiger partial charge in [-0.05, 0) is 58.4 Å². The summed E-state index contributed by atoms with van der Waals surface area (Å²) in [5, 5.41) is 0. The quantitative estimate of drug-likeness (QED) is 0.765. The van der Waals surface area contributed by atoms with Gasteiger partial charge in [0.25, 0.3) is 11.8 Å². The smallest absolute Gasteiger partial charge is 0.254 e. The van der Waals surface area contributed by atoms with Gasteiger partial charge in [0.15, 0.2) is 0 Å². The molecular weight excluding hydrogens is 403 g/mol. The van der Waals surface area contributed by atoms with Gasteiger partial charge in [-0.15, -0.1) is 0 Å². The van der Waals surface area contributed by atoms with E-state index in [1.54, 1.807) is 47.2 Å². The zero-order valence-corrected chi connectivity index (χ0v) is 15.8. The van der Waals surface area contributed by atoms with Crippen LogP contribution in [0.4, 0.5) is 4.39 Å². The number of hydrogen-bond acceptors (Lipinski definition) is 3. The van der Waals surface area contributed by atoms with E-state index in [2.05, 4.69) is 15.9 Å². The monoisotopic (exact) mass is 420 g/mol. The lowest BCUT2D eigenvalue weighted by Crippen LogP contribution is -2.50. The summed E-state index contributed by atoms with van der Waals surface area (Å²) in [6.45, 7) is 1.71. The number of benzene rings is 2. The minimum absolute atomic E-state index is 0.0746. The number of carbonyl (C=O) groups excluding carboxylic acids is 2. The Labute approximate surface area is 159 Å². The molecular formula is C19H18BrFN2O3. The van der Waals surface area contributed by atoms with Gasteiger partial charge < -0.3 is 14.5 Å². The van der Waals surface area contributed by atoms with Crippen molar-refractivity contribution in [2.45, 2.75) is 0 Å². The fourth-order valence-electron chi connectivity index (χ4n) is 2.84. The van der Waals surface area contributed by atoms with Crippen LogP contribution in [0, 0.1) is 5.82 Å². The zero-order chi connectivity index (χ0) is 18.7. The second-order valence-corrected chi connectivity index (χ2v) is 6.80. The van der Waals surface area contributed by atoms with Crippen LogP contribution in [0.3, 0.4) is 0 Å². The lowest BCUT2D eigenvalue weighted by molar-refractivity contribution is 0.0535. The first-order chi connectivity index (χ1) is 12.5. The van der Waals surface area contributed by atoms with Crippen LogP contribution in [-0.2, 0) is 0 Å². The van der Waals surface area contributed by atoms with E-state index in [9.17, 15) is 14.0 Å². The normalized spacial score (nSPS) is 14.3. The molecule has 0 bridgehead atoms. The highest BCUT2D eigenvalue weighted by atomic mass is 79.9. The van der Waals surface area contributed by atoms with E-state index in [-0.39, 0.29) is 11.8 Å². The average molecular weight is 421 g/mol. The van der Waals surface area contributed by atoms with Gasteiger partial charge in [0, 0.05) is 37.3 Å². The molecule has 0 atom stereocenters. The van der Waals surface area contributed by atoms with Crippen LogP contribution in [0.1, 0.15) is 20.7 Å². The Hall–Kier alpha value is -2.41. The summed E-state index contributed by atoms with van der Waals surface area (Å²) in [5.41, 5.74) is 0.890. The summed E-state index contributed by atoms with van der Waals surface area (Å²) in [5.74, 6) is -0.0785. The SMILES string of the molecule is COc1ccc(C(=O)N2CCN(C(=O)c3ccc(Br)c(F)c3)CC2)cc1. The van der Waals surface area contributed by atoms with E-state index in [0.29, 0.717) is 47.5 Å². The Morgan fingerprint density at radius 1 is 0.923 bits per heavy atom. The molecule has 5 nitrogen and oxygen atoms in total. The third kappa shape index (κ3) is 3.88. The molecule has 0 aliphatic carbocycles. The van der Waals surface area contributed by atoms with Crippen molar-refractivity contribution in [2.75, 3.05) is 33.3 Å². The molecule has 1 heterocycles. The highest BCUT2D eigenvalue weighted by Crippen LogP contribution is 2.19. The first-order valence-corrected chi connectivity index (χ1v) is 8.96. The molecule has 26 heavy (non-hydrogen) atoms. The molecule has 136 valence electrons. The van der Waals surface area contributed by atoms with Crippen molar-refractivity contribution in [3.8, 4) is 5.75 Å². The number of nitrogens with zero attached hydrogens (tertiary/aromatic N) is 2. The maximum atomic E-state index is 13.6. The summed E-state index contributed by atoms with van der Waals surface area (Å²) in [7, 11) is 1.57. The number of amides is 2. The number of methoxy groups -OCH3 is 1. The number of hydrogen-bond donors (Lipinski definition) is 0. The van der Waals surface area contributed by atoms with Crippen LogP contribution >= 0.6 is 15.9 Å². The highest BCUT2D eigenvalue weighted by Gasteiger charge is 2.25. The van der Waals surface area contributed by atoms with Crippen molar-refractivity contribution in [3.63, 3.8) is 0 Å². The Kier molecular flexibility index (Phi) is 5.56. The molecule has 1 aliphatic rings. The summed E-state index contributed by atoms with van der Waals surface area (Å²) in [6.07, 6.45) is 0. The first-order valence-electron chi connectivity index (χ1n) is 8.17. The molecule has 0 N–H and O–H groups in total. The lowest BCUT2D eigenvalue weighted by Gasteiger charge is -2.35. The van der Waals surface area contributed by atoms with Crippen molar-refractivity contribution in [1.82, 2.24) is 9.80 Å². The fourth-order valence-corrected chi connectivity index (χ4v) is 3.09. The minimum atomic E-state index is -0.468. The molecule has 0 unspecified atom stereocenters. The molecule has 1 saturated heterocycles. The molecule has 1 fully saturated rings. The van der Waals surface area contributed by atoms with Crippen LogP contribution in [0.2, 0.25) is 0 Å². The molecule has 2 aromatic carbocycles. The van der Waals surface area contributed by atoms with Gasteiger partial charge in [0.05, 0.1) is 11.6 Å². The van der Waals surface area contributed by atoms with E-state index in [0.717, 1.165) is 0 Å². The molecule has 0 saturated carbocycles. The predicted octanol–water partition coefficient (Wildman–Crippen LogP) is 3.20. The van der Waals surface area contributed by atoms with Crippen LogP contribution in [-0.4, -0.2) is 54.9 Å². The number of halogens is 2. The Balaban J connectivity index is 1.61. The van der Waals surface area contributed by atoms with Gasteiger partial charge in [-0.2, -0.15) is 0 Å². The standard InChI is InChI=1S/C19H18BrFN2O3/c1-26-15-5-2-13(3-6-15)18(24)22-8-10-23(11-9-22)19(25)14-4-7-16(20)17(21)12-14/h2-7,12H,8-11H2,1H3. The van der Waals surface area contributed by atoms with E-state index < -0.39 is 5.82 Å². The van der Waals surface area contributed by atoms with Crippen LogP contribution in [0.25, 0.3) is 0 Å². The van der Waals surface area contributed by atoms with Crippen molar-refractivity contribution < 1.29 is 18.7 Å². The number of ether oxygens (including phenoxy) is 1. The van der Waals surface area contributed by atoms with Gasteiger partial charge in [-0.25, -0.2) is 4.39 Å². The van der Waals surface area contributed by atoms with Crippen LogP contribution in [0.5, 0.6) is 5.75 Å². The Bertz CT molecular complexity index is 818. The van der Waals surface area contributed by atoms with Crippen molar-refractivity contribution in [2.24, 2.45) is 0 Å². The molecule has 2 aromatic rings. The summed E-state index contributed by atoms with van der Waals surface area (Å²) in [4.78, 5) is 28.4. The largest absolute Gasteiger partial charge is 0.497 e. The Morgan fingerprint density at radius 3 is 1.92 bits per heavy atom. The highest BCUT2D eigenvalue weighted by molar-refractivity contribution is 9.10. The van der Waals surface area contributed by atoms with Crippen LogP contribution in [0.15, 0.2) is 46.9 Å². The molecule has 0 spiro atoms. The van der Waals surface area contributed by atoms with Crippen molar-refractivity contribution >= 4 is 27.7 Å². The van der Waals surface area contributed by atoms with Gasteiger partial charge in [0.1, 0.15) is 11.6 Å². The van der Waals surface area contributed by atoms with Gasteiger partial charge in [-0.3, -0.25) is 9.59 Å². The van der Waals surface area contributed by atoms with Crippen molar-refractivity contribution in [3.05, 3.63) is 63.9 Å². The van der Waals surface area contributed by atoms with E-state index in [1.165, 1.54) is 12.1 Å². The lowest BCUT2D eigenvalue weighted by atomic mass is 10.1. The average Bonchev–Trinajstić information content (AvgIpc) is 2.69. The molecule has 0 radical (unpaired) electrons. The maximum Gasteiger partial charge on any atom is 0.254 e. The zero-order valence-electron chi connectivity index (χ0n) is 14.2. The molecule has 7 heteroatoms. The molecule has 3 rings (SSSR count). The van der Waals surface area contributed by atoms with Gasteiger partial charge in [-0.1, -0.05) is 0 Å². The number of rotatable bonds is 3. The molecule has 2 amide bonds. The third-order valence-electron chi connectivity index (χ3n) is 4.36. The summed E-state index contributed by atoms with van der Waals surface area (Å²) in [6, 6.07) is 11.3. The van der Waals surface area contributed by atoms with Crippen LogP contribution < -0.4 is 4.74 Å². The summed E-state index contributed by atoms with van der Waals surface area (Å²) >= 11 is 3.08. The Morgan fingerprint density at radius 2 is 1.42 bits per heavy atom. The van der Waals surface area contributed by atoms with Crippen molar-refractivity contribution in [1.29, 1.82) is 0 Å². The summed E-state index contributed by atoms with van der Waals surface area (Å²) < 4.78 is 19.1. The molecule has 0 aromatic heterocycles. The molecule has 1 aliphatic heterocycles. The predicted molar refractivity (Wildman–Crippen MR) is 98.9 cm³/mol. The van der Waals surface area contributed by atoms with Gasteiger partial charge >= 0.3 is 0 Å². The number of piperazine rings is 1. The van der Waals surface area contributed by atoms with E-state index in [4.69, 9.17) is 4.74 Å².